The third kappa shape index (κ3) is 6.00. The molecule has 0 aliphatic carbocycles. The molecule has 0 saturated heterocycles. The zero-order chi connectivity index (χ0) is 14.3. The maximum atomic E-state index is 11.6. The van der Waals surface area contributed by atoms with Gasteiger partial charge in [0.25, 0.3) is 0 Å². The van der Waals surface area contributed by atoms with Gasteiger partial charge in [-0.05, 0) is 20.3 Å². The lowest BCUT2D eigenvalue weighted by molar-refractivity contribution is -0.144. The van der Waals surface area contributed by atoms with Gasteiger partial charge in [-0.1, -0.05) is 13.3 Å². The average Bonchev–Trinajstić information content (AvgIpc) is 2.14. The van der Waals surface area contributed by atoms with Crippen LogP contribution >= 0.6 is 0 Å². The highest BCUT2D eigenvalue weighted by Gasteiger charge is 2.33. The number of carbonyl (C=O) groups excluding carboxylic acids is 1. The largest absolute Gasteiger partial charge is 0.480 e. The molecule has 0 aromatic carbocycles. The Bertz CT molecular complexity index is 335. The van der Waals surface area contributed by atoms with Gasteiger partial charge in [0.05, 0.1) is 0 Å². The first kappa shape index (κ1) is 16.9. The van der Waals surface area contributed by atoms with Crippen molar-refractivity contribution in [3.63, 3.8) is 0 Å². The highest BCUT2D eigenvalue weighted by Crippen LogP contribution is 2.12. The summed E-state index contributed by atoms with van der Waals surface area (Å²) in [6, 6.07) is -0.818. The summed E-state index contributed by atoms with van der Waals surface area (Å²) >= 11 is 0. The summed E-state index contributed by atoms with van der Waals surface area (Å²) in [7, 11) is -1.01. The van der Waals surface area contributed by atoms with Crippen molar-refractivity contribution in [2.24, 2.45) is 0 Å². The van der Waals surface area contributed by atoms with Crippen molar-refractivity contribution in [3.8, 4) is 0 Å². The Morgan fingerprint density at radius 2 is 2.00 bits per heavy atom. The quantitative estimate of drug-likeness (QED) is 0.638. The lowest BCUT2D eigenvalue weighted by Gasteiger charge is -2.26. The number of rotatable bonds is 7. The predicted octanol–water partition coefficient (Wildman–Crippen LogP) is 0.696. The molecule has 3 atom stereocenters. The maximum Gasteiger partial charge on any atom is 0.329 e. The number of carboxylic acid groups (broad SMARTS) is 1. The topological polar surface area (TPSA) is 95.5 Å². The van der Waals surface area contributed by atoms with Crippen molar-refractivity contribution in [2.75, 3.05) is 12.0 Å². The van der Waals surface area contributed by atoms with Crippen LogP contribution in [0.4, 0.5) is 4.79 Å². The second-order valence-electron chi connectivity index (χ2n) is 4.63. The van der Waals surface area contributed by atoms with E-state index in [9.17, 15) is 13.8 Å². The van der Waals surface area contributed by atoms with Crippen LogP contribution in [0.5, 0.6) is 0 Å². The van der Waals surface area contributed by atoms with E-state index >= 15 is 0 Å². The van der Waals surface area contributed by atoms with E-state index in [-0.39, 0.29) is 6.04 Å². The van der Waals surface area contributed by atoms with Crippen LogP contribution in [-0.4, -0.2) is 44.9 Å². The van der Waals surface area contributed by atoms with Crippen LogP contribution in [0.1, 0.15) is 33.6 Å². The van der Waals surface area contributed by atoms with Crippen molar-refractivity contribution in [1.29, 1.82) is 0 Å². The van der Waals surface area contributed by atoms with Crippen molar-refractivity contribution in [1.82, 2.24) is 10.6 Å². The van der Waals surface area contributed by atoms with E-state index in [2.05, 4.69) is 10.6 Å². The van der Waals surface area contributed by atoms with Gasteiger partial charge in [0.15, 0.2) is 0 Å². The van der Waals surface area contributed by atoms with Crippen molar-refractivity contribution in [3.05, 3.63) is 0 Å². The molecule has 0 aromatic rings. The SMILES string of the molecule is CCCC(C)(NC(=O)NC(C)CS(C)=O)C(=O)O. The molecule has 0 fully saturated rings. The Balaban J connectivity index is 4.44. The molecule has 0 radical (unpaired) electrons. The molecule has 0 aromatic heterocycles. The molecule has 3 unspecified atom stereocenters. The van der Waals surface area contributed by atoms with Gasteiger partial charge >= 0.3 is 12.0 Å². The molecule has 0 rings (SSSR count). The van der Waals surface area contributed by atoms with Crippen molar-refractivity contribution < 1.29 is 18.9 Å². The van der Waals surface area contributed by atoms with E-state index in [4.69, 9.17) is 5.11 Å². The van der Waals surface area contributed by atoms with E-state index in [0.717, 1.165) is 0 Å². The van der Waals surface area contributed by atoms with Crippen LogP contribution in [0.3, 0.4) is 0 Å². The molecule has 0 aliphatic heterocycles. The summed E-state index contributed by atoms with van der Waals surface area (Å²) in [5.41, 5.74) is -1.27. The first-order valence-electron chi connectivity index (χ1n) is 5.83. The lowest BCUT2D eigenvalue weighted by Crippen LogP contribution is -2.56. The summed E-state index contributed by atoms with van der Waals surface area (Å²) < 4.78 is 11.0. The first-order valence-corrected chi connectivity index (χ1v) is 7.56. The number of nitrogens with one attached hydrogen (secondary N) is 2. The smallest absolute Gasteiger partial charge is 0.329 e. The van der Waals surface area contributed by atoms with E-state index in [1.54, 1.807) is 13.2 Å². The van der Waals surface area contributed by atoms with Gasteiger partial charge in [-0.3, -0.25) is 4.21 Å². The molecular weight excluding hydrogens is 256 g/mol. The Labute approximate surface area is 110 Å². The third-order valence-corrected chi connectivity index (χ3v) is 3.44. The second-order valence-corrected chi connectivity index (χ2v) is 6.11. The van der Waals surface area contributed by atoms with E-state index in [0.29, 0.717) is 18.6 Å². The molecule has 18 heavy (non-hydrogen) atoms. The minimum atomic E-state index is -1.27. The third-order valence-electron chi connectivity index (χ3n) is 2.47. The summed E-state index contributed by atoms with van der Waals surface area (Å²) in [6.07, 6.45) is 2.55. The molecule has 0 saturated carbocycles. The molecular formula is C11H22N2O4S. The normalized spacial score (nSPS) is 17.3. The fraction of sp³-hybridized carbons (Fsp3) is 0.818. The Kier molecular flexibility index (Phi) is 6.90. The Morgan fingerprint density at radius 1 is 1.44 bits per heavy atom. The number of aliphatic carboxylic acids is 1. The number of carboxylic acids is 1. The average molecular weight is 278 g/mol. The fourth-order valence-electron chi connectivity index (χ4n) is 1.63. The summed E-state index contributed by atoms with van der Waals surface area (Å²) in [5, 5.41) is 14.1. The van der Waals surface area contributed by atoms with E-state index in [1.165, 1.54) is 6.92 Å². The van der Waals surface area contributed by atoms with E-state index in [1.807, 2.05) is 6.92 Å². The van der Waals surface area contributed by atoms with Crippen molar-refractivity contribution >= 4 is 22.8 Å². The number of urea groups is 1. The zero-order valence-electron chi connectivity index (χ0n) is 11.3. The molecule has 2 amide bonds. The zero-order valence-corrected chi connectivity index (χ0v) is 12.1. The number of carbonyl (C=O) groups is 2. The highest BCUT2D eigenvalue weighted by molar-refractivity contribution is 7.84. The van der Waals surface area contributed by atoms with Gasteiger partial charge in [0, 0.05) is 28.9 Å². The minimum Gasteiger partial charge on any atom is -0.480 e. The van der Waals surface area contributed by atoms with E-state index < -0.39 is 28.3 Å². The fourth-order valence-corrected chi connectivity index (χ4v) is 2.41. The van der Waals surface area contributed by atoms with Gasteiger partial charge in [0.2, 0.25) is 0 Å². The van der Waals surface area contributed by atoms with Crippen molar-refractivity contribution in [2.45, 2.75) is 45.2 Å². The van der Waals surface area contributed by atoms with Crippen LogP contribution in [-0.2, 0) is 15.6 Å². The van der Waals surface area contributed by atoms with Gasteiger partial charge in [-0.15, -0.1) is 0 Å². The van der Waals surface area contributed by atoms with Gasteiger partial charge < -0.3 is 15.7 Å². The Hall–Kier alpha value is -1.11. The van der Waals surface area contributed by atoms with Gasteiger partial charge in [-0.25, -0.2) is 9.59 Å². The monoisotopic (exact) mass is 278 g/mol. The summed E-state index contributed by atoms with van der Waals surface area (Å²) in [5.74, 6) is -0.725. The van der Waals surface area contributed by atoms with Crippen LogP contribution in [0, 0.1) is 0 Å². The number of amides is 2. The Morgan fingerprint density at radius 3 is 2.39 bits per heavy atom. The highest BCUT2D eigenvalue weighted by atomic mass is 32.2. The van der Waals surface area contributed by atoms with Crippen LogP contribution < -0.4 is 10.6 Å². The second kappa shape index (κ2) is 7.35. The predicted molar refractivity (Wildman–Crippen MR) is 71.0 cm³/mol. The first-order chi connectivity index (χ1) is 8.21. The standard InChI is InChI=1S/C11H22N2O4S/c1-5-6-11(3,9(14)15)13-10(16)12-8(2)7-18(4)17/h8H,5-7H2,1-4H3,(H,14,15)(H2,12,13,16). The molecule has 6 nitrogen and oxygen atoms in total. The van der Waals surface area contributed by atoms with Crippen LogP contribution in [0.2, 0.25) is 0 Å². The number of hydrogen-bond donors (Lipinski definition) is 3. The summed E-state index contributed by atoms with van der Waals surface area (Å²) in [4.78, 5) is 22.8. The van der Waals surface area contributed by atoms with Crippen LogP contribution in [0.15, 0.2) is 0 Å². The maximum absolute atomic E-state index is 11.6. The number of hydrogen-bond acceptors (Lipinski definition) is 3. The molecule has 3 N–H and O–H groups in total. The molecule has 0 heterocycles. The molecule has 0 spiro atoms. The van der Waals surface area contributed by atoms with Gasteiger partial charge in [-0.2, -0.15) is 0 Å². The minimum absolute atomic E-state index is 0.268. The molecule has 7 heteroatoms. The summed E-state index contributed by atoms with van der Waals surface area (Å²) in [6.45, 7) is 5.05. The van der Waals surface area contributed by atoms with Crippen LogP contribution in [0.25, 0.3) is 0 Å². The lowest BCUT2D eigenvalue weighted by atomic mass is 9.97. The molecule has 0 aliphatic rings. The van der Waals surface area contributed by atoms with Gasteiger partial charge in [0.1, 0.15) is 5.54 Å². The molecule has 0 bridgehead atoms. The molecule has 106 valence electrons.